The molecule has 2 aromatic heterocycles. The van der Waals surface area contributed by atoms with Gasteiger partial charge in [-0.05, 0) is 37.8 Å². The molecule has 3 aromatic rings. The first-order valence-corrected chi connectivity index (χ1v) is 10.3. The molecule has 8 heteroatoms. The number of halogens is 1. The molecule has 0 fully saturated rings. The van der Waals surface area contributed by atoms with E-state index in [1.165, 1.54) is 22.0 Å². The number of benzene rings is 1. The molecule has 1 atom stereocenters. The van der Waals surface area contributed by atoms with Crippen molar-refractivity contribution in [3.05, 3.63) is 53.5 Å². The van der Waals surface area contributed by atoms with Gasteiger partial charge in [0.2, 0.25) is 0 Å². The van der Waals surface area contributed by atoms with Gasteiger partial charge in [-0.1, -0.05) is 25.1 Å². The Hall–Kier alpha value is -2.07. The molecular formula is C22H33IN6O. The van der Waals surface area contributed by atoms with Crippen LogP contribution >= 0.6 is 24.0 Å². The number of aliphatic hydroxyl groups is 1. The summed E-state index contributed by atoms with van der Waals surface area (Å²) in [5, 5.41) is 22.8. The SMILES string of the molecule is CCNC(=NCC(C)(O)c1cnn(C)c1)NCCc1c[nH]c2c(CC)cccc12.I. The third kappa shape index (κ3) is 5.75. The van der Waals surface area contributed by atoms with Crippen LogP contribution in [-0.4, -0.2) is 45.5 Å². The number of guanidine groups is 1. The zero-order valence-corrected chi connectivity index (χ0v) is 20.5. The van der Waals surface area contributed by atoms with Crippen molar-refractivity contribution in [1.82, 2.24) is 25.4 Å². The molecule has 2 heterocycles. The monoisotopic (exact) mass is 524 g/mol. The molecule has 0 bridgehead atoms. The smallest absolute Gasteiger partial charge is 0.191 e. The Kier molecular flexibility index (Phi) is 8.72. The normalized spacial score (nSPS) is 13.7. The van der Waals surface area contributed by atoms with E-state index in [1.54, 1.807) is 17.8 Å². The van der Waals surface area contributed by atoms with Crippen LogP contribution in [0, 0.1) is 0 Å². The second-order valence-corrected chi connectivity index (χ2v) is 7.56. The molecule has 1 unspecified atom stereocenters. The van der Waals surface area contributed by atoms with E-state index in [-0.39, 0.29) is 30.5 Å². The zero-order chi connectivity index (χ0) is 20.9. The number of para-hydroxylation sites is 1. The van der Waals surface area contributed by atoms with Crippen molar-refractivity contribution < 1.29 is 5.11 Å². The summed E-state index contributed by atoms with van der Waals surface area (Å²) in [7, 11) is 1.84. The molecule has 0 saturated heterocycles. The van der Waals surface area contributed by atoms with Crippen LogP contribution in [0.15, 0.2) is 41.8 Å². The molecule has 3 rings (SSSR count). The van der Waals surface area contributed by atoms with Gasteiger partial charge >= 0.3 is 0 Å². The third-order valence-corrected chi connectivity index (χ3v) is 5.17. The number of H-pyrrole nitrogens is 1. The van der Waals surface area contributed by atoms with Gasteiger partial charge in [0.25, 0.3) is 0 Å². The minimum Gasteiger partial charge on any atom is -0.383 e. The number of aryl methyl sites for hydroxylation is 2. The zero-order valence-electron chi connectivity index (χ0n) is 18.2. The van der Waals surface area contributed by atoms with Gasteiger partial charge in [-0.25, -0.2) is 4.99 Å². The number of aliphatic imine (C=N–C) groups is 1. The Morgan fingerprint density at radius 3 is 2.73 bits per heavy atom. The molecule has 7 nitrogen and oxygen atoms in total. The van der Waals surface area contributed by atoms with E-state index in [2.05, 4.69) is 57.0 Å². The van der Waals surface area contributed by atoms with Gasteiger partial charge in [0.05, 0.1) is 12.7 Å². The maximum Gasteiger partial charge on any atom is 0.191 e. The molecule has 0 saturated carbocycles. The molecule has 164 valence electrons. The highest BCUT2D eigenvalue weighted by atomic mass is 127. The molecule has 0 radical (unpaired) electrons. The summed E-state index contributed by atoms with van der Waals surface area (Å²) >= 11 is 0. The second kappa shape index (κ2) is 10.8. The average Bonchev–Trinajstić information content (AvgIpc) is 3.33. The van der Waals surface area contributed by atoms with Crippen LogP contribution < -0.4 is 10.6 Å². The first kappa shape index (κ1) is 24.2. The number of fused-ring (bicyclic) bond motifs is 1. The van der Waals surface area contributed by atoms with Crippen LogP contribution in [0.5, 0.6) is 0 Å². The first-order chi connectivity index (χ1) is 13.9. The van der Waals surface area contributed by atoms with E-state index < -0.39 is 5.60 Å². The Balaban J connectivity index is 0.00000320. The van der Waals surface area contributed by atoms with Crippen molar-refractivity contribution in [3.8, 4) is 0 Å². The van der Waals surface area contributed by atoms with Crippen molar-refractivity contribution in [3.63, 3.8) is 0 Å². The van der Waals surface area contributed by atoms with E-state index in [1.807, 2.05) is 20.2 Å². The van der Waals surface area contributed by atoms with Gasteiger partial charge in [-0.2, -0.15) is 5.10 Å². The fourth-order valence-corrected chi connectivity index (χ4v) is 3.46. The standard InChI is InChI=1S/C22H32N6O.HI/c1-5-16-8-7-9-19-17(12-25-20(16)19)10-11-24-21(23-6-2)26-15-22(3,29)18-13-27-28(4)14-18;/h7-9,12-14,25,29H,5-6,10-11,15H2,1-4H3,(H2,23,24,26);1H. The van der Waals surface area contributed by atoms with Crippen molar-refractivity contribution >= 4 is 40.8 Å². The number of hydrogen-bond acceptors (Lipinski definition) is 3. The third-order valence-electron chi connectivity index (χ3n) is 5.17. The number of aromatic amines is 1. The topological polar surface area (TPSA) is 90.3 Å². The van der Waals surface area contributed by atoms with Gasteiger partial charge in [-0.15, -0.1) is 24.0 Å². The summed E-state index contributed by atoms with van der Waals surface area (Å²) in [6, 6.07) is 6.47. The molecule has 30 heavy (non-hydrogen) atoms. The van der Waals surface area contributed by atoms with Crippen LogP contribution in [0.1, 0.15) is 37.5 Å². The minimum absolute atomic E-state index is 0. The van der Waals surface area contributed by atoms with Crippen LogP contribution in [0.2, 0.25) is 0 Å². The molecule has 0 aliphatic heterocycles. The predicted molar refractivity (Wildman–Crippen MR) is 134 cm³/mol. The maximum absolute atomic E-state index is 10.7. The van der Waals surface area contributed by atoms with Crippen LogP contribution in [0.4, 0.5) is 0 Å². The molecular weight excluding hydrogens is 491 g/mol. The van der Waals surface area contributed by atoms with Crippen molar-refractivity contribution in [2.75, 3.05) is 19.6 Å². The lowest BCUT2D eigenvalue weighted by molar-refractivity contribution is 0.0672. The van der Waals surface area contributed by atoms with Crippen LogP contribution in [-0.2, 0) is 25.5 Å². The Morgan fingerprint density at radius 2 is 2.07 bits per heavy atom. The van der Waals surface area contributed by atoms with E-state index in [4.69, 9.17) is 0 Å². The Morgan fingerprint density at radius 1 is 1.27 bits per heavy atom. The van der Waals surface area contributed by atoms with Gasteiger partial charge in [0.1, 0.15) is 5.60 Å². The number of aromatic nitrogens is 3. The van der Waals surface area contributed by atoms with Crippen molar-refractivity contribution in [1.29, 1.82) is 0 Å². The largest absolute Gasteiger partial charge is 0.383 e. The molecule has 0 aliphatic carbocycles. The maximum atomic E-state index is 10.7. The lowest BCUT2D eigenvalue weighted by Gasteiger charge is -2.20. The average molecular weight is 524 g/mol. The number of hydrogen-bond donors (Lipinski definition) is 4. The summed E-state index contributed by atoms with van der Waals surface area (Å²) < 4.78 is 1.68. The fourth-order valence-electron chi connectivity index (χ4n) is 3.46. The highest BCUT2D eigenvalue weighted by Crippen LogP contribution is 2.22. The van der Waals surface area contributed by atoms with Gasteiger partial charge < -0.3 is 20.7 Å². The van der Waals surface area contributed by atoms with Crippen LogP contribution in [0.25, 0.3) is 10.9 Å². The molecule has 0 aliphatic rings. The summed E-state index contributed by atoms with van der Waals surface area (Å²) in [5.41, 5.74) is 3.56. The number of rotatable bonds is 8. The highest BCUT2D eigenvalue weighted by Gasteiger charge is 2.24. The lowest BCUT2D eigenvalue weighted by atomic mass is 10.0. The Bertz CT molecular complexity index is 975. The Labute approximate surface area is 195 Å². The van der Waals surface area contributed by atoms with Gasteiger partial charge in [0, 0.05) is 49.0 Å². The van der Waals surface area contributed by atoms with Crippen molar-refractivity contribution in [2.45, 2.75) is 39.2 Å². The van der Waals surface area contributed by atoms with Gasteiger partial charge in [-0.3, -0.25) is 4.68 Å². The number of nitrogens with zero attached hydrogens (tertiary/aromatic N) is 3. The lowest BCUT2D eigenvalue weighted by Crippen LogP contribution is -2.39. The van der Waals surface area contributed by atoms with Crippen LogP contribution in [0.3, 0.4) is 0 Å². The first-order valence-electron chi connectivity index (χ1n) is 10.3. The quantitative estimate of drug-likeness (QED) is 0.207. The second-order valence-electron chi connectivity index (χ2n) is 7.56. The minimum atomic E-state index is -1.07. The predicted octanol–water partition coefficient (Wildman–Crippen LogP) is 3.09. The molecule has 4 N–H and O–H groups in total. The molecule has 0 spiro atoms. The summed E-state index contributed by atoms with van der Waals surface area (Å²) in [5.74, 6) is 0.700. The van der Waals surface area contributed by atoms with Crippen molar-refractivity contribution in [2.24, 2.45) is 12.0 Å². The van der Waals surface area contributed by atoms with E-state index in [0.717, 1.165) is 31.5 Å². The van der Waals surface area contributed by atoms with E-state index in [0.29, 0.717) is 5.96 Å². The fraction of sp³-hybridized carbons (Fsp3) is 0.455. The molecule has 1 aromatic carbocycles. The van der Waals surface area contributed by atoms with E-state index >= 15 is 0 Å². The summed E-state index contributed by atoms with van der Waals surface area (Å²) in [4.78, 5) is 8.00. The van der Waals surface area contributed by atoms with Gasteiger partial charge in [0.15, 0.2) is 5.96 Å². The number of nitrogens with one attached hydrogen (secondary N) is 3. The summed E-state index contributed by atoms with van der Waals surface area (Å²) in [6.45, 7) is 7.73. The van der Waals surface area contributed by atoms with E-state index in [9.17, 15) is 5.11 Å². The highest BCUT2D eigenvalue weighted by molar-refractivity contribution is 14.0. The summed E-state index contributed by atoms with van der Waals surface area (Å²) in [6.07, 6.45) is 7.50. The molecule has 0 amide bonds.